The Hall–Kier alpha value is -0.0400. The second-order valence-corrected chi connectivity index (χ2v) is 0.487. The van der Waals surface area contributed by atoms with Crippen molar-refractivity contribution < 1.29 is 13.3 Å². The number of rotatable bonds is 2. The quantitative estimate of drug-likeness (QED) is 0.519. The summed E-state index contributed by atoms with van der Waals surface area (Å²) in [7, 11) is 0. The summed E-state index contributed by atoms with van der Waals surface area (Å²) in [5.41, 5.74) is 0. The molecule has 0 aromatic rings. The van der Waals surface area contributed by atoms with Crippen molar-refractivity contribution >= 4 is 0 Å². The van der Waals surface area contributed by atoms with Crippen LogP contribution in [0.2, 0.25) is 0 Å². The molecule has 1 heteroatoms. The van der Waals surface area contributed by atoms with E-state index >= 15 is 0 Å². The fourth-order valence-corrected chi connectivity index (χ4v) is 0.0559. The van der Waals surface area contributed by atoms with Gasteiger partial charge in [0, 0.05) is 12.0 Å². The van der Waals surface area contributed by atoms with Crippen molar-refractivity contribution in [3.8, 4) is 0 Å². The lowest BCUT2D eigenvalue weighted by atomic mass is 10.4. The molecule has 32 valence electrons. The maximum Gasteiger partial charge on any atom is 0.0564 e. The van der Waals surface area contributed by atoms with Crippen LogP contribution in [0.15, 0.2) is 0 Å². The third-order valence-corrected chi connectivity index (χ3v) is 0.181. The summed E-state index contributed by atoms with van der Waals surface area (Å²) in [6, 6.07) is 0. The molecule has 0 bridgehead atoms. The standard InChI is InChI=1S/C4H10O/c1-2-3-4-5/h5H,2-4H2,1H3/i2D2,3D2,4D2. The highest BCUT2D eigenvalue weighted by Gasteiger charge is 1.69. The normalized spacial score (nSPS) is 34.8. The fraction of sp³-hybridized carbons (Fsp3) is 1.00. The number of hydrogen-bond donors (Lipinski definition) is 1. The molecule has 0 fully saturated rings. The summed E-state index contributed by atoms with van der Waals surface area (Å²) >= 11 is 0. The first-order valence-corrected chi connectivity index (χ1v) is 1.22. The van der Waals surface area contributed by atoms with Gasteiger partial charge in [-0.25, -0.2) is 0 Å². The largest absolute Gasteiger partial charge is 0.396 e. The zero-order chi connectivity index (χ0) is 9.50. The predicted octanol–water partition coefficient (Wildman–Crippen LogP) is 0.779. The minimum absolute atomic E-state index is 0.876. The number of hydrogen-bond acceptors (Lipinski definition) is 1. The van der Waals surface area contributed by atoms with Crippen LogP contribution < -0.4 is 0 Å². The molecular weight excluding hydrogens is 64.0 g/mol. The summed E-state index contributed by atoms with van der Waals surface area (Å²) in [5, 5.41) is 8.60. The van der Waals surface area contributed by atoms with Crippen LogP contribution in [0.4, 0.5) is 0 Å². The Balaban J connectivity index is 4.75. The Kier molecular flexibility index (Phi) is 0.621. The minimum atomic E-state index is -3.16. The molecule has 0 amide bonds. The van der Waals surface area contributed by atoms with E-state index in [4.69, 9.17) is 13.3 Å². The van der Waals surface area contributed by atoms with Crippen molar-refractivity contribution in [2.24, 2.45) is 0 Å². The number of aliphatic hydroxyl groups is 1. The van der Waals surface area contributed by atoms with Gasteiger partial charge >= 0.3 is 0 Å². The predicted molar refractivity (Wildman–Crippen MR) is 22.0 cm³/mol. The smallest absolute Gasteiger partial charge is 0.0564 e. The Morgan fingerprint density at radius 1 is 2.00 bits per heavy atom. The first-order valence-electron chi connectivity index (χ1n) is 4.22. The van der Waals surface area contributed by atoms with Crippen LogP contribution in [0.1, 0.15) is 27.9 Å². The molecule has 0 saturated carbocycles. The van der Waals surface area contributed by atoms with Gasteiger partial charge in [0.25, 0.3) is 0 Å². The summed E-state index contributed by atoms with van der Waals surface area (Å²) in [4.78, 5) is 0. The van der Waals surface area contributed by atoms with Crippen LogP contribution in [0, 0.1) is 0 Å². The average Bonchev–Trinajstić information content (AvgIpc) is 1.58. The van der Waals surface area contributed by atoms with Crippen LogP contribution >= 0.6 is 0 Å². The molecule has 0 aliphatic carbocycles. The summed E-state index contributed by atoms with van der Waals surface area (Å²) in [5.74, 6) is 0. The molecule has 0 saturated heterocycles. The maximum atomic E-state index is 8.60. The highest BCUT2D eigenvalue weighted by molar-refractivity contribution is 4.23. The van der Waals surface area contributed by atoms with Crippen molar-refractivity contribution in [2.45, 2.75) is 19.7 Å². The van der Waals surface area contributed by atoms with Gasteiger partial charge in [-0.3, -0.25) is 0 Å². The van der Waals surface area contributed by atoms with Crippen LogP contribution in [-0.4, -0.2) is 11.7 Å². The molecule has 1 N–H and O–H groups in total. The molecule has 5 heavy (non-hydrogen) atoms. The van der Waals surface area contributed by atoms with Crippen LogP contribution in [0.5, 0.6) is 0 Å². The average molecular weight is 80.2 g/mol. The molecule has 0 aromatic carbocycles. The summed E-state index contributed by atoms with van der Waals surface area (Å²) < 4.78 is 40.8. The van der Waals surface area contributed by atoms with Gasteiger partial charge in [0.15, 0.2) is 0 Å². The molecule has 0 aliphatic rings. The van der Waals surface area contributed by atoms with Gasteiger partial charge in [-0.15, -0.1) is 0 Å². The molecule has 0 heterocycles. The Labute approximate surface area is 41.1 Å². The lowest BCUT2D eigenvalue weighted by molar-refractivity contribution is 0.287. The van der Waals surface area contributed by atoms with Crippen molar-refractivity contribution in [3.05, 3.63) is 0 Å². The van der Waals surface area contributed by atoms with E-state index < -0.39 is 19.3 Å². The molecule has 0 radical (unpaired) electrons. The monoisotopic (exact) mass is 80.1 g/mol. The van der Waals surface area contributed by atoms with E-state index in [1.54, 1.807) is 0 Å². The highest BCUT2D eigenvalue weighted by atomic mass is 16.2. The lowest BCUT2D eigenvalue weighted by Gasteiger charge is -1.79. The molecule has 1 nitrogen and oxygen atoms in total. The van der Waals surface area contributed by atoms with E-state index in [0.717, 1.165) is 6.92 Å². The molecule has 0 rings (SSSR count). The Morgan fingerprint density at radius 3 is 2.60 bits per heavy atom. The van der Waals surface area contributed by atoms with Gasteiger partial charge in [0.1, 0.15) is 0 Å². The fourth-order valence-electron chi connectivity index (χ4n) is 0.0559. The van der Waals surface area contributed by atoms with E-state index in [2.05, 4.69) is 0 Å². The van der Waals surface area contributed by atoms with E-state index in [1.807, 2.05) is 0 Å². The highest BCUT2D eigenvalue weighted by Crippen LogP contribution is 1.78. The van der Waals surface area contributed by atoms with Crippen LogP contribution in [0.25, 0.3) is 0 Å². The van der Waals surface area contributed by atoms with Crippen molar-refractivity contribution in [1.29, 1.82) is 0 Å². The van der Waals surface area contributed by atoms with E-state index in [1.165, 1.54) is 0 Å². The van der Waals surface area contributed by atoms with E-state index in [-0.39, 0.29) is 0 Å². The maximum absolute atomic E-state index is 8.60. The van der Waals surface area contributed by atoms with Crippen LogP contribution in [0.3, 0.4) is 0 Å². The topological polar surface area (TPSA) is 20.2 Å². The van der Waals surface area contributed by atoms with Crippen molar-refractivity contribution in [1.82, 2.24) is 0 Å². The molecular formula is C4H10O. The molecule has 0 spiro atoms. The van der Waals surface area contributed by atoms with Gasteiger partial charge in [-0.2, -0.15) is 0 Å². The zero-order valence-corrected chi connectivity index (χ0v) is 2.95. The minimum Gasteiger partial charge on any atom is -0.396 e. The summed E-state index contributed by atoms with van der Waals surface area (Å²) in [6.45, 7) is -2.29. The SMILES string of the molecule is [2H]C([2H])(C)C([2H])([2H])C([2H])([2H])O. The second-order valence-electron chi connectivity index (χ2n) is 0.487. The zero-order valence-electron chi connectivity index (χ0n) is 8.95. The van der Waals surface area contributed by atoms with E-state index in [9.17, 15) is 0 Å². The second kappa shape index (κ2) is 3.96. The van der Waals surface area contributed by atoms with Crippen LogP contribution in [-0.2, 0) is 0 Å². The van der Waals surface area contributed by atoms with Gasteiger partial charge in [0.2, 0.25) is 0 Å². The molecule has 0 atom stereocenters. The first kappa shape index (κ1) is 0.784. The Morgan fingerprint density at radius 2 is 2.60 bits per heavy atom. The van der Waals surface area contributed by atoms with Gasteiger partial charge < -0.3 is 5.11 Å². The third kappa shape index (κ3) is 3.96. The molecule has 0 aliphatic heterocycles. The lowest BCUT2D eigenvalue weighted by Crippen LogP contribution is -1.75. The molecule has 0 unspecified atom stereocenters. The third-order valence-electron chi connectivity index (χ3n) is 0.181. The summed E-state index contributed by atoms with van der Waals surface area (Å²) in [6.07, 6.45) is -5.31. The first-order chi connectivity index (χ1) is 4.50. The van der Waals surface area contributed by atoms with Crippen molar-refractivity contribution in [3.63, 3.8) is 0 Å². The van der Waals surface area contributed by atoms with E-state index in [0.29, 0.717) is 0 Å². The van der Waals surface area contributed by atoms with Gasteiger partial charge in [0.05, 0.1) is 2.74 Å². The Bertz CT molecular complexity index is 126. The van der Waals surface area contributed by atoms with Gasteiger partial charge in [-0.1, -0.05) is 13.3 Å². The van der Waals surface area contributed by atoms with Crippen molar-refractivity contribution in [2.75, 3.05) is 6.56 Å². The molecule has 0 aromatic heterocycles. The van der Waals surface area contributed by atoms with Gasteiger partial charge in [-0.05, 0) is 6.37 Å².